The first-order valence-corrected chi connectivity index (χ1v) is 5.16. The van der Waals surface area contributed by atoms with E-state index in [1.807, 2.05) is 0 Å². The van der Waals surface area contributed by atoms with Crippen molar-refractivity contribution in [3.8, 4) is 0 Å². The maximum Gasteiger partial charge on any atom is 0.158 e. The number of ether oxygens (including phenoxy) is 1. The number of rotatable bonds is 0. The smallest absolute Gasteiger partial charge is 0.158 e. The summed E-state index contributed by atoms with van der Waals surface area (Å²) < 4.78 is 5.46. The summed E-state index contributed by atoms with van der Waals surface area (Å²) in [6.07, 6.45) is 2.28. The van der Waals surface area contributed by atoms with E-state index in [4.69, 9.17) is 4.74 Å². The second kappa shape index (κ2) is 2.01. The monoisotopic (exact) mass is 218 g/mol. The lowest BCUT2D eigenvalue weighted by molar-refractivity contribution is -0.0997. The maximum atomic E-state index is 9.47. The van der Waals surface area contributed by atoms with Crippen LogP contribution in [0.1, 0.15) is 12.8 Å². The first kappa shape index (κ1) is 6.87. The molecule has 0 spiro atoms. The first-order chi connectivity index (χ1) is 5.27. The van der Waals surface area contributed by atoms with Crippen molar-refractivity contribution in [1.29, 1.82) is 0 Å². The van der Waals surface area contributed by atoms with Crippen LogP contribution in [-0.2, 0) is 4.74 Å². The summed E-state index contributed by atoms with van der Waals surface area (Å²) in [6, 6.07) is 0. The average Bonchev–Trinajstić information content (AvgIpc) is 2.53. The normalized spacial score (nSPS) is 66.0. The van der Waals surface area contributed by atoms with Gasteiger partial charge in [-0.15, -0.1) is 0 Å². The average molecular weight is 219 g/mol. The quantitative estimate of drug-likeness (QED) is 0.618. The van der Waals surface area contributed by atoms with Gasteiger partial charge in [0.2, 0.25) is 0 Å². The molecule has 3 heteroatoms. The van der Waals surface area contributed by atoms with Crippen LogP contribution in [0.4, 0.5) is 0 Å². The van der Waals surface area contributed by atoms with Gasteiger partial charge in [0, 0.05) is 10.7 Å². The molecule has 1 N–H and O–H groups in total. The van der Waals surface area contributed by atoms with Gasteiger partial charge < -0.3 is 9.84 Å². The summed E-state index contributed by atoms with van der Waals surface area (Å²) in [5, 5.41) is 9.47. The van der Waals surface area contributed by atoms with E-state index in [1.165, 1.54) is 6.42 Å². The lowest BCUT2D eigenvalue weighted by atomic mass is 9.89. The summed E-state index contributed by atoms with van der Waals surface area (Å²) in [6.45, 7) is 0. The Morgan fingerprint density at radius 1 is 1.27 bits per heavy atom. The summed E-state index contributed by atoms with van der Waals surface area (Å²) in [5.41, 5.74) is 0. The van der Waals surface area contributed by atoms with Crippen LogP contribution >= 0.6 is 15.9 Å². The van der Waals surface area contributed by atoms with E-state index in [-0.39, 0.29) is 0 Å². The fraction of sp³-hybridized carbons (Fsp3) is 1.00. The lowest BCUT2D eigenvalue weighted by Gasteiger charge is -2.20. The molecule has 3 rings (SSSR count). The zero-order chi connectivity index (χ0) is 7.59. The summed E-state index contributed by atoms with van der Waals surface area (Å²) in [5.74, 6) is 1.88. The predicted octanol–water partition coefficient (Wildman–Crippen LogP) is 1.12. The molecule has 2 aliphatic carbocycles. The molecule has 2 saturated carbocycles. The Balaban J connectivity index is 1.98. The molecule has 0 aromatic heterocycles. The molecule has 1 saturated heterocycles. The second-order valence-electron chi connectivity index (χ2n) is 3.99. The SMILES string of the molecule is O[C@H]1O[C@@H]2[C@@H](Br)[C@H]3C[C@@H]2[C@@H]1C3. The molecular weight excluding hydrogens is 208 g/mol. The predicted molar refractivity (Wildman–Crippen MR) is 43.3 cm³/mol. The molecule has 1 heterocycles. The van der Waals surface area contributed by atoms with Crippen molar-refractivity contribution in [2.45, 2.75) is 30.1 Å². The van der Waals surface area contributed by atoms with Crippen molar-refractivity contribution < 1.29 is 9.84 Å². The fourth-order valence-electron chi connectivity index (χ4n) is 3.05. The second-order valence-corrected chi connectivity index (χ2v) is 5.05. The van der Waals surface area contributed by atoms with E-state index in [1.54, 1.807) is 0 Å². The standard InChI is InChI=1S/C8H11BrO2/c9-6-3-1-4-5(2-3)8(10)11-7(4)6/h3-8,10H,1-2H2/t3-,4+,5-,6-,7-,8-/m0/s1. The number of fused-ring (bicyclic) bond motifs is 1. The third-order valence-corrected chi connectivity index (χ3v) is 4.82. The van der Waals surface area contributed by atoms with Crippen LogP contribution in [0.25, 0.3) is 0 Å². The third-order valence-electron chi connectivity index (χ3n) is 3.55. The van der Waals surface area contributed by atoms with Crippen LogP contribution in [0.5, 0.6) is 0 Å². The molecular formula is C8H11BrO2. The van der Waals surface area contributed by atoms with E-state index in [9.17, 15) is 5.11 Å². The van der Waals surface area contributed by atoms with E-state index >= 15 is 0 Å². The van der Waals surface area contributed by atoms with E-state index in [0.29, 0.717) is 22.8 Å². The Hall–Kier alpha value is 0.400. The first-order valence-electron chi connectivity index (χ1n) is 4.25. The number of aliphatic hydroxyl groups excluding tert-OH is 1. The van der Waals surface area contributed by atoms with Gasteiger partial charge in [-0.3, -0.25) is 0 Å². The highest BCUT2D eigenvalue weighted by Gasteiger charge is 2.59. The van der Waals surface area contributed by atoms with Crippen molar-refractivity contribution >= 4 is 15.9 Å². The van der Waals surface area contributed by atoms with Crippen molar-refractivity contribution in [2.75, 3.05) is 0 Å². The number of hydrogen-bond donors (Lipinski definition) is 1. The zero-order valence-corrected chi connectivity index (χ0v) is 7.70. The van der Waals surface area contributed by atoms with Crippen LogP contribution in [0, 0.1) is 17.8 Å². The minimum Gasteiger partial charge on any atom is -0.368 e. The van der Waals surface area contributed by atoms with Crippen LogP contribution < -0.4 is 0 Å². The van der Waals surface area contributed by atoms with Gasteiger partial charge in [0.1, 0.15) is 0 Å². The molecule has 3 fully saturated rings. The molecule has 0 amide bonds. The van der Waals surface area contributed by atoms with Gasteiger partial charge >= 0.3 is 0 Å². The number of hydrogen-bond acceptors (Lipinski definition) is 2. The molecule has 0 aromatic rings. The highest BCUT2D eigenvalue weighted by molar-refractivity contribution is 9.09. The molecule has 3 aliphatic rings. The molecule has 11 heavy (non-hydrogen) atoms. The summed E-state index contributed by atoms with van der Waals surface area (Å²) >= 11 is 3.64. The maximum absolute atomic E-state index is 9.47. The molecule has 2 bridgehead atoms. The Kier molecular flexibility index (Phi) is 1.25. The Labute approximate surface area is 74.1 Å². The van der Waals surface area contributed by atoms with E-state index in [0.717, 1.165) is 12.3 Å². The molecule has 2 nitrogen and oxygen atoms in total. The van der Waals surface area contributed by atoms with Crippen LogP contribution in [0.2, 0.25) is 0 Å². The van der Waals surface area contributed by atoms with E-state index in [2.05, 4.69) is 15.9 Å². The van der Waals surface area contributed by atoms with Crippen molar-refractivity contribution in [1.82, 2.24) is 0 Å². The van der Waals surface area contributed by atoms with Gasteiger partial charge in [0.15, 0.2) is 6.29 Å². The highest BCUT2D eigenvalue weighted by Crippen LogP contribution is 2.57. The highest BCUT2D eigenvalue weighted by atomic mass is 79.9. The number of halogens is 1. The van der Waals surface area contributed by atoms with Crippen molar-refractivity contribution in [2.24, 2.45) is 17.8 Å². The number of alkyl halides is 1. The van der Waals surface area contributed by atoms with Crippen LogP contribution in [-0.4, -0.2) is 22.3 Å². The summed E-state index contributed by atoms with van der Waals surface area (Å²) in [7, 11) is 0. The van der Waals surface area contributed by atoms with E-state index < -0.39 is 6.29 Å². The Morgan fingerprint density at radius 3 is 2.64 bits per heavy atom. The minimum atomic E-state index is -0.461. The van der Waals surface area contributed by atoms with Crippen LogP contribution in [0.15, 0.2) is 0 Å². The molecule has 6 atom stereocenters. The molecule has 0 aromatic carbocycles. The molecule has 1 aliphatic heterocycles. The van der Waals surface area contributed by atoms with Crippen molar-refractivity contribution in [3.05, 3.63) is 0 Å². The largest absolute Gasteiger partial charge is 0.368 e. The Morgan fingerprint density at radius 2 is 2.00 bits per heavy atom. The molecule has 0 radical (unpaired) electrons. The zero-order valence-electron chi connectivity index (χ0n) is 6.11. The topological polar surface area (TPSA) is 29.5 Å². The van der Waals surface area contributed by atoms with Gasteiger partial charge in [-0.25, -0.2) is 0 Å². The number of aliphatic hydroxyl groups is 1. The van der Waals surface area contributed by atoms with Gasteiger partial charge in [-0.2, -0.15) is 0 Å². The van der Waals surface area contributed by atoms with Gasteiger partial charge in [0.05, 0.1) is 6.10 Å². The fourth-order valence-corrected chi connectivity index (χ4v) is 4.00. The summed E-state index contributed by atoms with van der Waals surface area (Å²) in [4.78, 5) is 0.515. The van der Waals surface area contributed by atoms with Gasteiger partial charge in [-0.05, 0) is 24.7 Å². The Bertz CT molecular complexity index is 197. The minimum absolute atomic E-state index is 0.314. The van der Waals surface area contributed by atoms with Crippen LogP contribution in [0.3, 0.4) is 0 Å². The molecule has 62 valence electrons. The lowest BCUT2D eigenvalue weighted by Crippen LogP contribution is -2.26. The van der Waals surface area contributed by atoms with Crippen molar-refractivity contribution in [3.63, 3.8) is 0 Å². The van der Waals surface area contributed by atoms with Gasteiger partial charge in [-0.1, -0.05) is 15.9 Å². The van der Waals surface area contributed by atoms with Gasteiger partial charge in [0.25, 0.3) is 0 Å². The molecule has 0 unspecified atom stereocenters. The third kappa shape index (κ3) is 0.699.